The van der Waals surface area contributed by atoms with Crippen LogP contribution in [0, 0.1) is 0 Å². The number of hydrogen-bond acceptors (Lipinski definition) is 8. The van der Waals surface area contributed by atoms with E-state index in [9.17, 15) is 9.59 Å². The molecule has 0 saturated heterocycles. The number of ether oxygens (including phenoxy) is 1. The Bertz CT molecular complexity index is 1010. The van der Waals surface area contributed by atoms with E-state index < -0.39 is 11.2 Å². The van der Waals surface area contributed by atoms with Gasteiger partial charge >= 0.3 is 11.7 Å². The highest BCUT2D eigenvalue weighted by Gasteiger charge is 2.16. The standard InChI is InChI=1S/C16H19N7O3/c1-17-6-4-8-26-15-19-12-13(20-21-15)23(16(25)22(2)14(12)24)10-11-5-3-7-18-9-11/h3,5,7,9,17H,4,6,8,10H2,1-2H3. The van der Waals surface area contributed by atoms with Crippen molar-refractivity contribution < 1.29 is 4.74 Å². The molecule has 26 heavy (non-hydrogen) atoms. The monoisotopic (exact) mass is 357 g/mol. The van der Waals surface area contributed by atoms with Crippen LogP contribution in [0.1, 0.15) is 12.0 Å². The van der Waals surface area contributed by atoms with Crippen LogP contribution in [0.25, 0.3) is 11.2 Å². The fraction of sp³-hybridized carbons (Fsp3) is 0.375. The Labute approximate surface area is 148 Å². The first-order chi connectivity index (χ1) is 12.6. The van der Waals surface area contributed by atoms with Crippen LogP contribution in [-0.2, 0) is 13.6 Å². The van der Waals surface area contributed by atoms with E-state index in [0.29, 0.717) is 6.61 Å². The van der Waals surface area contributed by atoms with Crippen molar-refractivity contribution in [1.82, 2.24) is 34.6 Å². The van der Waals surface area contributed by atoms with Crippen molar-refractivity contribution in [3.63, 3.8) is 0 Å². The van der Waals surface area contributed by atoms with Gasteiger partial charge in [0, 0.05) is 19.4 Å². The maximum atomic E-state index is 12.5. The molecule has 0 bridgehead atoms. The normalized spacial score (nSPS) is 11.0. The molecule has 136 valence electrons. The molecular weight excluding hydrogens is 338 g/mol. The largest absolute Gasteiger partial charge is 0.462 e. The van der Waals surface area contributed by atoms with E-state index in [1.807, 2.05) is 13.1 Å². The Morgan fingerprint density at radius 3 is 2.85 bits per heavy atom. The summed E-state index contributed by atoms with van der Waals surface area (Å²) in [6.45, 7) is 1.38. The van der Waals surface area contributed by atoms with Crippen LogP contribution in [0.2, 0.25) is 0 Å². The van der Waals surface area contributed by atoms with Crippen LogP contribution in [0.4, 0.5) is 0 Å². The van der Waals surface area contributed by atoms with Crippen LogP contribution in [-0.4, -0.2) is 49.5 Å². The van der Waals surface area contributed by atoms with Gasteiger partial charge in [0.25, 0.3) is 5.56 Å². The van der Waals surface area contributed by atoms with Gasteiger partial charge in [0.2, 0.25) is 0 Å². The summed E-state index contributed by atoms with van der Waals surface area (Å²) in [6, 6.07) is 3.61. The highest BCUT2D eigenvalue weighted by Crippen LogP contribution is 2.08. The molecule has 0 spiro atoms. The maximum Gasteiger partial charge on any atom is 0.336 e. The first kappa shape index (κ1) is 17.7. The Hall–Kier alpha value is -3.14. The average molecular weight is 357 g/mol. The van der Waals surface area contributed by atoms with E-state index in [1.165, 1.54) is 11.6 Å². The Morgan fingerprint density at radius 1 is 1.27 bits per heavy atom. The lowest BCUT2D eigenvalue weighted by atomic mass is 10.3. The highest BCUT2D eigenvalue weighted by atomic mass is 16.5. The SMILES string of the molecule is CNCCCOc1nnc2c(n1)c(=O)n(C)c(=O)n2Cc1cccnc1. The Morgan fingerprint density at radius 2 is 2.12 bits per heavy atom. The highest BCUT2D eigenvalue weighted by molar-refractivity contribution is 5.68. The van der Waals surface area contributed by atoms with Gasteiger partial charge in [-0.05, 0) is 31.6 Å². The second-order valence-corrected chi connectivity index (χ2v) is 5.67. The zero-order chi connectivity index (χ0) is 18.5. The van der Waals surface area contributed by atoms with Gasteiger partial charge < -0.3 is 10.1 Å². The number of aromatic nitrogens is 6. The lowest BCUT2D eigenvalue weighted by Gasteiger charge is -2.11. The molecule has 0 aliphatic heterocycles. The summed E-state index contributed by atoms with van der Waals surface area (Å²) in [6.07, 6.45) is 4.05. The van der Waals surface area contributed by atoms with E-state index in [1.54, 1.807) is 18.5 Å². The topological polar surface area (TPSA) is 117 Å². The van der Waals surface area contributed by atoms with Gasteiger partial charge in [-0.15, -0.1) is 5.10 Å². The van der Waals surface area contributed by atoms with Crippen molar-refractivity contribution in [3.05, 3.63) is 50.9 Å². The first-order valence-corrected chi connectivity index (χ1v) is 8.12. The molecule has 0 amide bonds. The van der Waals surface area contributed by atoms with Crippen molar-refractivity contribution >= 4 is 11.2 Å². The molecule has 3 heterocycles. The number of rotatable bonds is 7. The van der Waals surface area contributed by atoms with E-state index in [4.69, 9.17) is 4.74 Å². The summed E-state index contributed by atoms with van der Waals surface area (Å²) in [5, 5.41) is 10.9. The zero-order valence-corrected chi connectivity index (χ0v) is 14.5. The van der Waals surface area contributed by atoms with Crippen LogP contribution in [0.15, 0.2) is 34.1 Å². The summed E-state index contributed by atoms with van der Waals surface area (Å²) in [5.41, 5.74) is -0.0876. The predicted octanol–water partition coefficient (Wildman–Crippen LogP) is -0.683. The third kappa shape index (κ3) is 3.59. The second-order valence-electron chi connectivity index (χ2n) is 5.67. The van der Waals surface area contributed by atoms with Gasteiger partial charge in [-0.2, -0.15) is 4.98 Å². The van der Waals surface area contributed by atoms with E-state index in [0.717, 1.165) is 23.1 Å². The van der Waals surface area contributed by atoms with Gasteiger partial charge in [-0.1, -0.05) is 11.2 Å². The Kier molecular flexibility index (Phi) is 5.32. The average Bonchev–Trinajstić information content (AvgIpc) is 2.68. The molecular formula is C16H19N7O3. The molecule has 3 aromatic rings. The molecule has 3 rings (SSSR count). The second kappa shape index (κ2) is 7.83. The van der Waals surface area contributed by atoms with Crippen molar-refractivity contribution in [2.75, 3.05) is 20.2 Å². The molecule has 10 heteroatoms. The van der Waals surface area contributed by atoms with Crippen LogP contribution in [0.5, 0.6) is 6.01 Å². The molecule has 1 N–H and O–H groups in total. The molecule has 10 nitrogen and oxygen atoms in total. The third-order valence-electron chi connectivity index (χ3n) is 3.80. The van der Waals surface area contributed by atoms with Gasteiger partial charge in [0.1, 0.15) is 0 Å². The Balaban J connectivity index is 2.02. The number of hydrogen-bond donors (Lipinski definition) is 1. The van der Waals surface area contributed by atoms with Gasteiger partial charge in [0.15, 0.2) is 11.2 Å². The van der Waals surface area contributed by atoms with Crippen molar-refractivity contribution in [2.45, 2.75) is 13.0 Å². The molecule has 0 fully saturated rings. The molecule has 0 aliphatic carbocycles. The van der Waals surface area contributed by atoms with Crippen molar-refractivity contribution in [2.24, 2.45) is 7.05 Å². The summed E-state index contributed by atoms with van der Waals surface area (Å²) in [7, 11) is 3.25. The van der Waals surface area contributed by atoms with Crippen LogP contribution >= 0.6 is 0 Å². The summed E-state index contributed by atoms with van der Waals surface area (Å²) < 4.78 is 7.77. The van der Waals surface area contributed by atoms with E-state index in [2.05, 4.69) is 25.5 Å². The summed E-state index contributed by atoms with van der Waals surface area (Å²) in [4.78, 5) is 33.1. The molecule has 0 aromatic carbocycles. The fourth-order valence-corrected chi connectivity index (χ4v) is 2.44. The lowest BCUT2D eigenvalue weighted by molar-refractivity contribution is 0.283. The van der Waals surface area contributed by atoms with Crippen molar-refractivity contribution in [3.8, 4) is 6.01 Å². The fourth-order valence-electron chi connectivity index (χ4n) is 2.44. The zero-order valence-electron chi connectivity index (χ0n) is 14.5. The molecule has 0 atom stereocenters. The molecule has 0 aliphatic rings. The first-order valence-electron chi connectivity index (χ1n) is 8.12. The molecule has 0 saturated carbocycles. The number of fused-ring (bicyclic) bond motifs is 1. The predicted molar refractivity (Wildman–Crippen MR) is 94.2 cm³/mol. The van der Waals surface area contributed by atoms with Crippen molar-refractivity contribution in [1.29, 1.82) is 0 Å². The molecule has 0 unspecified atom stereocenters. The van der Waals surface area contributed by atoms with Gasteiger partial charge in [0.05, 0.1) is 13.2 Å². The minimum Gasteiger partial charge on any atom is -0.462 e. The quantitative estimate of drug-likeness (QED) is 0.553. The van der Waals surface area contributed by atoms with Gasteiger partial charge in [-0.3, -0.25) is 18.9 Å². The number of nitrogens with zero attached hydrogens (tertiary/aromatic N) is 6. The number of pyridine rings is 1. The van der Waals surface area contributed by atoms with Gasteiger partial charge in [-0.25, -0.2) is 4.79 Å². The van der Waals surface area contributed by atoms with Crippen LogP contribution < -0.4 is 21.3 Å². The minimum atomic E-state index is -0.539. The third-order valence-corrected chi connectivity index (χ3v) is 3.80. The van der Waals surface area contributed by atoms with Crippen LogP contribution in [0.3, 0.4) is 0 Å². The van der Waals surface area contributed by atoms with E-state index >= 15 is 0 Å². The van der Waals surface area contributed by atoms with E-state index in [-0.39, 0.29) is 23.7 Å². The molecule has 0 radical (unpaired) electrons. The number of nitrogens with one attached hydrogen (secondary N) is 1. The minimum absolute atomic E-state index is 0.0114. The summed E-state index contributed by atoms with van der Waals surface area (Å²) in [5.74, 6) is 0. The lowest BCUT2D eigenvalue weighted by Crippen LogP contribution is -2.39. The molecule has 3 aromatic heterocycles. The summed E-state index contributed by atoms with van der Waals surface area (Å²) >= 11 is 0. The smallest absolute Gasteiger partial charge is 0.336 e. The maximum absolute atomic E-state index is 12.5.